The number of hydroxylamine groups is 1. The molecule has 0 atom stereocenters. The van der Waals surface area contributed by atoms with Crippen LogP contribution in [0.1, 0.15) is 20.8 Å². The van der Waals surface area contributed by atoms with Gasteiger partial charge in [0.15, 0.2) is 0 Å². The van der Waals surface area contributed by atoms with Crippen molar-refractivity contribution in [2.45, 2.75) is 26.3 Å². The Bertz CT molecular complexity index is 98.6. The SMILES string of the molecule is CC(=N)C(C)(C)[NH2+][O-]. The summed E-state index contributed by atoms with van der Waals surface area (Å²) < 4.78 is 0. The van der Waals surface area contributed by atoms with Gasteiger partial charge < -0.3 is 16.1 Å². The lowest BCUT2D eigenvalue weighted by molar-refractivity contribution is -0.642. The fourth-order valence-electron chi connectivity index (χ4n) is 0.0884. The highest BCUT2D eigenvalue weighted by molar-refractivity contribution is 5.86. The summed E-state index contributed by atoms with van der Waals surface area (Å²) in [5, 5.41) is 17.2. The summed E-state index contributed by atoms with van der Waals surface area (Å²) in [5.41, 5.74) is 0.641. The average Bonchev–Trinajstić information content (AvgIpc) is 1.67. The van der Waals surface area contributed by atoms with E-state index in [1.165, 1.54) is 0 Å². The molecule has 48 valence electrons. The minimum Gasteiger partial charge on any atom is -0.635 e. The summed E-state index contributed by atoms with van der Waals surface area (Å²) in [7, 11) is 0. The van der Waals surface area contributed by atoms with E-state index in [4.69, 9.17) is 5.41 Å². The van der Waals surface area contributed by atoms with Crippen molar-refractivity contribution in [3.63, 3.8) is 0 Å². The van der Waals surface area contributed by atoms with Crippen molar-refractivity contribution < 1.29 is 5.48 Å². The Morgan fingerprint density at radius 2 is 2.00 bits per heavy atom. The van der Waals surface area contributed by atoms with Crippen molar-refractivity contribution in [2.24, 2.45) is 0 Å². The van der Waals surface area contributed by atoms with Crippen LogP contribution in [0.15, 0.2) is 0 Å². The molecule has 0 aliphatic rings. The fourth-order valence-corrected chi connectivity index (χ4v) is 0.0884. The summed E-state index contributed by atoms with van der Waals surface area (Å²) in [4.78, 5) is 0. The van der Waals surface area contributed by atoms with E-state index in [2.05, 4.69) is 0 Å². The Morgan fingerprint density at radius 3 is 2.00 bits per heavy atom. The van der Waals surface area contributed by atoms with Gasteiger partial charge in [-0.1, -0.05) is 0 Å². The van der Waals surface area contributed by atoms with E-state index in [-0.39, 0.29) is 0 Å². The van der Waals surface area contributed by atoms with E-state index >= 15 is 0 Å². The van der Waals surface area contributed by atoms with Crippen LogP contribution in [0, 0.1) is 10.6 Å². The summed E-state index contributed by atoms with van der Waals surface area (Å²) in [6, 6.07) is 0. The van der Waals surface area contributed by atoms with Crippen LogP contribution in [0.5, 0.6) is 0 Å². The van der Waals surface area contributed by atoms with Gasteiger partial charge >= 0.3 is 0 Å². The zero-order chi connectivity index (χ0) is 6.78. The lowest BCUT2D eigenvalue weighted by atomic mass is 10.0. The first-order valence-corrected chi connectivity index (χ1v) is 2.52. The summed E-state index contributed by atoms with van der Waals surface area (Å²) >= 11 is 0. The van der Waals surface area contributed by atoms with Crippen molar-refractivity contribution in [3.05, 3.63) is 5.21 Å². The second-order valence-corrected chi connectivity index (χ2v) is 2.46. The third-order valence-electron chi connectivity index (χ3n) is 1.26. The Morgan fingerprint density at radius 1 is 1.62 bits per heavy atom. The molecule has 0 rings (SSSR count). The second kappa shape index (κ2) is 2.24. The second-order valence-electron chi connectivity index (χ2n) is 2.46. The molecular weight excluding hydrogens is 104 g/mol. The van der Waals surface area contributed by atoms with Crippen molar-refractivity contribution in [3.8, 4) is 0 Å². The van der Waals surface area contributed by atoms with Crippen LogP contribution in [0.4, 0.5) is 0 Å². The smallest absolute Gasteiger partial charge is 0.128 e. The fraction of sp³-hybridized carbons (Fsp3) is 0.800. The lowest BCUT2D eigenvalue weighted by Gasteiger charge is -2.22. The predicted molar refractivity (Wildman–Crippen MR) is 32.8 cm³/mol. The average molecular weight is 116 g/mol. The molecule has 0 fully saturated rings. The van der Waals surface area contributed by atoms with Crippen molar-refractivity contribution in [2.75, 3.05) is 0 Å². The van der Waals surface area contributed by atoms with Crippen LogP contribution in [-0.4, -0.2) is 11.3 Å². The molecule has 0 aromatic carbocycles. The molecule has 3 heteroatoms. The quantitative estimate of drug-likeness (QED) is 0.383. The van der Waals surface area contributed by atoms with Gasteiger partial charge in [-0.05, 0) is 20.8 Å². The van der Waals surface area contributed by atoms with Crippen molar-refractivity contribution >= 4 is 5.71 Å². The predicted octanol–water partition coefficient (Wildman–Crippen LogP) is -0.134. The third kappa shape index (κ3) is 1.60. The molecule has 0 radical (unpaired) electrons. The van der Waals surface area contributed by atoms with E-state index in [0.717, 1.165) is 5.48 Å². The van der Waals surface area contributed by atoms with Gasteiger partial charge in [0.05, 0.1) is 5.71 Å². The van der Waals surface area contributed by atoms with Gasteiger partial charge in [0.2, 0.25) is 0 Å². The molecule has 3 nitrogen and oxygen atoms in total. The molecule has 0 bridgehead atoms. The first-order chi connectivity index (χ1) is 3.50. The summed E-state index contributed by atoms with van der Waals surface area (Å²) in [6.45, 7) is 5.08. The molecule has 0 aliphatic carbocycles. The standard InChI is InChI=1S/C5H12N2O/c1-4(6)5(2,3)7-8/h6H,7H2,1-3H3. The molecule has 0 saturated heterocycles. The Balaban J connectivity index is 3.91. The number of quaternary nitrogens is 1. The molecule has 0 aromatic heterocycles. The van der Waals surface area contributed by atoms with Crippen LogP contribution in [0.3, 0.4) is 0 Å². The van der Waals surface area contributed by atoms with Crippen molar-refractivity contribution in [1.82, 2.24) is 0 Å². The summed E-state index contributed by atoms with van der Waals surface area (Å²) in [6.07, 6.45) is 0. The molecule has 0 saturated carbocycles. The lowest BCUT2D eigenvalue weighted by Crippen LogP contribution is -2.92. The molecule has 0 amide bonds. The van der Waals surface area contributed by atoms with Gasteiger partial charge in [0.1, 0.15) is 5.54 Å². The van der Waals surface area contributed by atoms with Crippen LogP contribution >= 0.6 is 0 Å². The van der Waals surface area contributed by atoms with Crippen molar-refractivity contribution in [1.29, 1.82) is 5.41 Å². The molecule has 0 spiro atoms. The Kier molecular flexibility index (Phi) is 2.12. The van der Waals surface area contributed by atoms with Gasteiger partial charge in [-0.3, -0.25) is 0 Å². The zero-order valence-electron chi connectivity index (χ0n) is 5.49. The molecule has 3 N–H and O–H groups in total. The largest absolute Gasteiger partial charge is 0.635 e. The maximum atomic E-state index is 10.1. The number of nitrogens with one attached hydrogen (secondary N) is 1. The number of hydrogen-bond acceptors (Lipinski definition) is 2. The van der Waals surface area contributed by atoms with E-state index in [1.54, 1.807) is 20.8 Å². The maximum Gasteiger partial charge on any atom is 0.128 e. The monoisotopic (exact) mass is 116 g/mol. The highest BCUT2D eigenvalue weighted by Gasteiger charge is 2.18. The van der Waals surface area contributed by atoms with E-state index in [0.29, 0.717) is 5.71 Å². The van der Waals surface area contributed by atoms with Crippen LogP contribution in [-0.2, 0) is 0 Å². The molecule has 0 heterocycles. The van der Waals surface area contributed by atoms with Gasteiger partial charge in [0.25, 0.3) is 0 Å². The molecule has 0 aromatic rings. The molecule has 8 heavy (non-hydrogen) atoms. The highest BCUT2D eigenvalue weighted by Crippen LogP contribution is 1.94. The topological polar surface area (TPSA) is 63.5 Å². The van der Waals surface area contributed by atoms with E-state index in [1.807, 2.05) is 0 Å². The normalized spacial score (nSPS) is 11.5. The number of rotatable bonds is 2. The van der Waals surface area contributed by atoms with E-state index < -0.39 is 5.54 Å². The van der Waals surface area contributed by atoms with Gasteiger partial charge in [-0.25, -0.2) is 0 Å². The Labute approximate surface area is 49.2 Å². The van der Waals surface area contributed by atoms with E-state index in [9.17, 15) is 5.21 Å². The highest BCUT2D eigenvalue weighted by atomic mass is 16.5. The first kappa shape index (κ1) is 7.59. The number of nitrogens with two attached hydrogens (primary N) is 1. The van der Waals surface area contributed by atoms with Crippen LogP contribution in [0.2, 0.25) is 0 Å². The molecule has 0 aliphatic heterocycles. The number of hydrogen-bond donors (Lipinski definition) is 2. The molecular formula is C5H12N2O. The minimum absolute atomic E-state index is 0.410. The van der Waals surface area contributed by atoms with Gasteiger partial charge in [-0.15, -0.1) is 0 Å². The van der Waals surface area contributed by atoms with Crippen LogP contribution in [0.25, 0.3) is 0 Å². The first-order valence-electron chi connectivity index (χ1n) is 2.52. The van der Waals surface area contributed by atoms with Crippen LogP contribution < -0.4 is 5.48 Å². The van der Waals surface area contributed by atoms with Gasteiger partial charge in [0, 0.05) is 0 Å². The maximum absolute atomic E-state index is 10.1. The third-order valence-corrected chi connectivity index (χ3v) is 1.26. The van der Waals surface area contributed by atoms with Gasteiger partial charge in [-0.2, -0.15) is 0 Å². The summed E-state index contributed by atoms with van der Waals surface area (Å²) in [5.74, 6) is 0. The Hall–Kier alpha value is -0.410. The minimum atomic E-state index is -0.556. The zero-order valence-corrected chi connectivity index (χ0v) is 5.49. The molecule has 0 unspecified atom stereocenters.